The monoisotopic (exact) mass is 519 g/mol. The van der Waals surface area contributed by atoms with E-state index >= 15 is 0 Å². The number of benzene rings is 2. The van der Waals surface area contributed by atoms with Crippen molar-refractivity contribution in [1.82, 2.24) is 9.62 Å². The third kappa shape index (κ3) is 7.73. The minimum absolute atomic E-state index is 0.0463. The first-order chi connectivity index (χ1) is 16.8. The van der Waals surface area contributed by atoms with Crippen LogP contribution in [-0.4, -0.2) is 56.7 Å². The highest BCUT2D eigenvalue weighted by Crippen LogP contribution is 2.27. The van der Waals surface area contributed by atoms with Gasteiger partial charge in [0.1, 0.15) is 12.4 Å². The molecule has 0 atom stereocenters. The number of sulfonamides is 1. The quantitative estimate of drug-likeness (QED) is 0.359. The number of hydrogen-bond donors (Lipinski definition) is 2. The average molecular weight is 520 g/mol. The van der Waals surface area contributed by atoms with Gasteiger partial charge in [-0.3, -0.25) is 10.1 Å². The molecule has 8 nitrogen and oxygen atoms in total. The Morgan fingerprint density at radius 2 is 1.69 bits per heavy atom. The number of nitrogens with zero attached hydrogens (tertiary/aromatic N) is 1. The molecule has 190 valence electrons. The zero-order valence-electron chi connectivity index (χ0n) is 20.2. The summed E-state index contributed by atoms with van der Waals surface area (Å²) in [6.45, 7) is 3.49. The van der Waals surface area contributed by atoms with E-state index < -0.39 is 10.0 Å². The van der Waals surface area contributed by atoms with Crippen LogP contribution in [0.1, 0.15) is 49.4 Å². The number of carbonyl (C=O) groups is 1. The van der Waals surface area contributed by atoms with Crippen molar-refractivity contribution in [1.29, 1.82) is 0 Å². The normalized spacial score (nSPS) is 14.5. The van der Waals surface area contributed by atoms with Crippen LogP contribution in [0.3, 0.4) is 0 Å². The Kier molecular flexibility index (Phi) is 10.0. The van der Waals surface area contributed by atoms with E-state index in [0.717, 1.165) is 32.1 Å². The zero-order chi connectivity index (χ0) is 25.3. The standard InChI is InChI=1S/C25H33N3O5S2/c1-3-32-17-18-33-22-13-9-19(10-14-22)24(29)27-25(34)26-20-11-15-23(16-12-20)35(30,31)28(2)21-7-5-4-6-8-21/h9-16,21H,3-8,17-18H2,1-2H3,(H2,26,27,29,34). The van der Waals surface area contributed by atoms with Crippen LogP contribution in [-0.2, 0) is 14.8 Å². The molecule has 1 amide bonds. The van der Waals surface area contributed by atoms with Gasteiger partial charge in [0.25, 0.3) is 5.91 Å². The number of carbonyl (C=O) groups excluding carboxylic acids is 1. The van der Waals surface area contributed by atoms with Crippen LogP contribution in [0, 0.1) is 0 Å². The highest BCUT2D eigenvalue weighted by atomic mass is 32.2. The van der Waals surface area contributed by atoms with E-state index in [1.54, 1.807) is 55.6 Å². The van der Waals surface area contributed by atoms with Gasteiger partial charge < -0.3 is 14.8 Å². The van der Waals surface area contributed by atoms with Crippen molar-refractivity contribution >= 4 is 38.9 Å². The number of amides is 1. The molecule has 0 unspecified atom stereocenters. The van der Waals surface area contributed by atoms with E-state index in [0.29, 0.717) is 36.8 Å². The fraction of sp³-hybridized carbons (Fsp3) is 0.440. The molecule has 2 aromatic rings. The van der Waals surface area contributed by atoms with Gasteiger partial charge in [-0.15, -0.1) is 0 Å². The Balaban J connectivity index is 1.52. The molecule has 35 heavy (non-hydrogen) atoms. The van der Waals surface area contributed by atoms with Crippen molar-refractivity contribution < 1.29 is 22.7 Å². The third-order valence-electron chi connectivity index (χ3n) is 5.92. The Bertz CT molecular complexity index is 1080. The molecule has 0 saturated heterocycles. The summed E-state index contributed by atoms with van der Waals surface area (Å²) >= 11 is 5.25. The van der Waals surface area contributed by atoms with Crippen molar-refractivity contribution in [2.75, 3.05) is 32.2 Å². The van der Waals surface area contributed by atoms with Gasteiger partial charge in [0.2, 0.25) is 10.0 Å². The fourth-order valence-corrected chi connectivity index (χ4v) is 5.55. The first-order valence-corrected chi connectivity index (χ1v) is 13.7. The lowest BCUT2D eigenvalue weighted by molar-refractivity contribution is 0.0977. The smallest absolute Gasteiger partial charge is 0.257 e. The second-order valence-electron chi connectivity index (χ2n) is 8.32. The van der Waals surface area contributed by atoms with Gasteiger partial charge in [0, 0.05) is 30.9 Å². The largest absolute Gasteiger partial charge is 0.491 e. The molecule has 1 fully saturated rings. The molecule has 1 saturated carbocycles. The SMILES string of the molecule is CCOCCOc1ccc(C(=O)NC(=S)Nc2ccc(S(=O)(=O)N(C)C3CCCCC3)cc2)cc1. The third-order valence-corrected chi connectivity index (χ3v) is 8.05. The van der Waals surface area contributed by atoms with Crippen LogP contribution in [0.5, 0.6) is 5.75 Å². The summed E-state index contributed by atoms with van der Waals surface area (Å²) in [5.74, 6) is 0.280. The maximum atomic E-state index is 13.0. The van der Waals surface area contributed by atoms with Crippen LogP contribution in [0.4, 0.5) is 5.69 Å². The summed E-state index contributed by atoms with van der Waals surface area (Å²) in [5, 5.41) is 5.65. The van der Waals surface area contributed by atoms with E-state index in [4.69, 9.17) is 21.7 Å². The molecule has 1 aliphatic rings. The summed E-state index contributed by atoms with van der Waals surface area (Å²) < 4.78 is 38.2. The number of rotatable bonds is 10. The summed E-state index contributed by atoms with van der Waals surface area (Å²) in [7, 11) is -1.91. The van der Waals surface area contributed by atoms with E-state index in [-0.39, 0.29) is 22.0 Å². The predicted octanol–water partition coefficient (Wildman–Crippen LogP) is 4.18. The second kappa shape index (κ2) is 13.0. The zero-order valence-corrected chi connectivity index (χ0v) is 21.8. The van der Waals surface area contributed by atoms with Gasteiger partial charge in [0.15, 0.2) is 5.11 Å². The minimum Gasteiger partial charge on any atom is -0.491 e. The minimum atomic E-state index is -3.57. The van der Waals surface area contributed by atoms with Crippen molar-refractivity contribution in [3.63, 3.8) is 0 Å². The van der Waals surface area contributed by atoms with Crippen molar-refractivity contribution in [2.24, 2.45) is 0 Å². The molecule has 2 N–H and O–H groups in total. The van der Waals surface area contributed by atoms with Crippen LogP contribution in [0.15, 0.2) is 53.4 Å². The van der Waals surface area contributed by atoms with Crippen LogP contribution in [0.2, 0.25) is 0 Å². The predicted molar refractivity (Wildman–Crippen MR) is 140 cm³/mol. The molecule has 10 heteroatoms. The molecule has 0 heterocycles. The van der Waals surface area contributed by atoms with Gasteiger partial charge in [0.05, 0.1) is 11.5 Å². The molecule has 0 aromatic heterocycles. The van der Waals surface area contributed by atoms with Gasteiger partial charge in [-0.1, -0.05) is 19.3 Å². The molecule has 1 aliphatic carbocycles. The fourth-order valence-electron chi connectivity index (χ4n) is 3.92. The summed E-state index contributed by atoms with van der Waals surface area (Å²) in [5.41, 5.74) is 1.01. The van der Waals surface area contributed by atoms with Gasteiger partial charge >= 0.3 is 0 Å². The Labute approximate surface area is 213 Å². The molecule has 0 spiro atoms. The molecular weight excluding hydrogens is 486 g/mol. The lowest BCUT2D eigenvalue weighted by Crippen LogP contribution is -2.38. The maximum Gasteiger partial charge on any atom is 0.257 e. The number of anilines is 1. The molecule has 2 aromatic carbocycles. The van der Waals surface area contributed by atoms with E-state index in [2.05, 4.69) is 10.6 Å². The summed E-state index contributed by atoms with van der Waals surface area (Å²) in [6, 6.07) is 13.1. The molecule has 0 aliphatic heterocycles. The highest BCUT2D eigenvalue weighted by Gasteiger charge is 2.28. The number of ether oxygens (including phenoxy) is 2. The highest BCUT2D eigenvalue weighted by molar-refractivity contribution is 7.89. The van der Waals surface area contributed by atoms with Gasteiger partial charge in [-0.05, 0) is 80.5 Å². The topological polar surface area (TPSA) is 97.0 Å². The first-order valence-electron chi connectivity index (χ1n) is 11.8. The van der Waals surface area contributed by atoms with Crippen molar-refractivity contribution in [3.8, 4) is 5.75 Å². The van der Waals surface area contributed by atoms with Crippen LogP contribution < -0.4 is 15.4 Å². The van der Waals surface area contributed by atoms with E-state index in [9.17, 15) is 13.2 Å². The number of nitrogens with one attached hydrogen (secondary N) is 2. The molecule has 0 bridgehead atoms. The summed E-state index contributed by atoms with van der Waals surface area (Å²) in [4.78, 5) is 12.7. The van der Waals surface area contributed by atoms with Crippen LogP contribution >= 0.6 is 12.2 Å². The number of thiocarbonyl (C=S) groups is 1. The van der Waals surface area contributed by atoms with E-state index in [1.807, 2.05) is 6.92 Å². The Morgan fingerprint density at radius 1 is 1.03 bits per heavy atom. The van der Waals surface area contributed by atoms with Crippen LogP contribution in [0.25, 0.3) is 0 Å². The average Bonchev–Trinajstić information content (AvgIpc) is 2.87. The van der Waals surface area contributed by atoms with Crippen molar-refractivity contribution in [2.45, 2.75) is 50.0 Å². The van der Waals surface area contributed by atoms with E-state index in [1.165, 1.54) is 4.31 Å². The molecular formula is C25H33N3O5S2. The second-order valence-corrected chi connectivity index (χ2v) is 10.7. The number of hydrogen-bond acceptors (Lipinski definition) is 6. The molecule has 3 rings (SSSR count). The lowest BCUT2D eigenvalue weighted by Gasteiger charge is -2.30. The van der Waals surface area contributed by atoms with Gasteiger partial charge in [-0.2, -0.15) is 4.31 Å². The molecule has 0 radical (unpaired) electrons. The maximum absolute atomic E-state index is 13.0. The summed E-state index contributed by atoms with van der Waals surface area (Å²) in [6.07, 6.45) is 5.07. The van der Waals surface area contributed by atoms with Crippen molar-refractivity contribution in [3.05, 3.63) is 54.1 Å². The van der Waals surface area contributed by atoms with Gasteiger partial charge in [-0.25, -0.2) is 8.42 Å². The first kappa shape index (κ1) is 27.1. The Hall–Kier alpha value is -2.53. The lowest BCUT2D eigenvalue weighted by atomic mass is 9.96. The Morgan fingerprint density at radius 3 is 2.31 bits per heavy atom.